The minimum absolute atomic E-state index is 0.465. The highest BCUT2D eigenvalue weighted by molar-refractivity contribution is 5.78. The van der Waals surface area contributed by atoms with Gasteiger partial charge in [-0.2, -0.15) is 0 Å². The van der Waals surface area contributed by atoms with Crippen LogP contribution >= 0.6 is 0 Å². The van der Waals surface area contributed by atoms with Crippen LogP contribution in [0.3, 0.4) is 0 Å². The molecular formula is C11H14N2. The summed E-state index contributed by atoms with van der Waals surface area (Å²) in [5.74, 6) is 1.54. The second-order valence-corrected chi connectivity index (χ2v) is 3.75. The predicted molar refractivity (Wildman–Crippen MR) is 54.9 cm³/mol. The van der Waals surface area contributed by atoms with E-state index >= 15 is 0 Å². The molecule has 0 bridgehead atoms. The third kappa shape index (κ3) is 1.32. The molecule has 0 unspecified atom stereocenters. The van der Waals surface area contributed by atoms with Gasteiger partial charge in [-0.05, 0) is 18.6 Å². The average molecular weight is 174 g/mol. The summed E-state index contributed by atoms with van der Waals surface area (Å²) in [6, 6.07) is 6.22. The van der Waals surface area contributed by atoms with Crippen molar-refractivity contribution in [3.63, 3.8) is 0 Å². The molecular weight excluding hydrogens is 160 g/mol. The van der Waals surface area contributed by atoms with Crippen LogP contribution in [-0.2, 0) is 0 Å². The quantitative estimate of drug-likeness (QED) is 0.707. The fourth-order valence-corrected chi connectivity index (χ4v) is 1.47. The van der Waals surface area contributed by atoms with Crippen LogP contribution in [0, 0.1) is 6.92 Å². The number of aromatic nitrogens is 2. The fraction of sp³-hybridized carbons (Fsp3) is 0.364. The molecule has 0 saturated carbocycles. The van der Waals surface area contributed by atoms with Crippen molar-refractivity contribution in [1.29, 1.82) is 0 Å². The zero-order valence-corrected chi connectivity index (χ0v) is 8.26. The van der Waals surface area contributed by atoms with Gasteiger partial charge >= 0.3 is 0 Å². The van der Waals surface area contributed by atoms with Gasteiger partial charge in [0.2, 0.25) is 0 Å². The van der Waals surface area contributed by atoms with Crippen LogP contribution in [0.1, 0.15) is 31.2 Å². The molecule has 13 heavy (non-hydrogen) atoms. The Bertz CT molecular complexity index is 427. The van der Waals surface area contributed by atoms with Crippen molar-refractivity contribution in [1.82, 2.24) is 9.97 Å². The molecule has 1 aromatic heterocycles. The second kappa shape index (κ2) is 2.87. The number of rotatable bonds is 1. The zero-order valence-electron chi connectivity index (χ0n) is 8.26. The van der Waals surface area contributed by atoms with Gasteiger partial charge in [0.1, 0.15) is 5.82 Å². The van der Waals surface area contributed by atoms with E-state index in [0.717, 1.165) is 16.9 Å². The van der Waals surface area contributed by atoms with Crippen molar-refractivity contribution < 1.29 is 0 Å². The molecule has 0 aliphatic carbocycles. The van der Waals surface area contributed by atoms with Crippen LogP contribution in [0.4, 0.5) is 0 Å². The molecule has 0 aliphatic heterocycles. The van der Waals surface area contributed by atoms with Gasteiger partial charge in [0.25, 0.3) is 0 Å². The maximum atomic E-state index is 4.56. The summed E-state index contributed by atoms with van der Waals surface area (Å²) in [6.45, 7) is 6.38. The van der Waals surface area contributed by atoms with Gasteiger partial charge in [-0.1, -0.05) is 26.0 Å². The topological polar surface area (TPSA) is 28.7 Å². The molecule has 0 fully saturated rings. The Hall–Kier alpha value is -1.31. The van der Waals surface area contributed by atoms with Gasteiger partial charge in [0, 0.05) is 5.92 Å². The Balaban J connectivity index is 2.68. The third-order valence-electron chi connectivity index (χ3n) is 2.28. The summed E-state index contributed by atoms with van der Waals surface area (Å²) >= 11 is 0. The van der Waals surface area contributed by atoms with Crippen molar-refractivity contribution in [3.05, 3.63) is 29.6 Å². The Morgan fingerprint density at radius 1 is 1.31 bits per heavy atom. The van der Waals surface area contributed by atoms with Crippen LogP contribution in [0.25, 0.3) is 11.0 Å². The summed E-state index contributed by atoms with van der Waals surface area (Å²) in [5.41, 5.74) is 3.48. The van der Waals surface area contributed by atoms with Gasteiger partial charge in [-0.15, -0.1) is 0 Å². The van der Waals surface area contributed by atoms with Crippen molar-refractivity contribution in [2.75, 3.05) is 0 Å². The van der Waals surface area contributed by atoms with Crippen molar-refractivity contribution in [2.24, 2.45) is 0 Å². The van der Waals surface area contributed by atoms with E-state index < -0.39 is 0 Å². The lowest BCUT2D eigenvalue weighted by Gasteiger charge is -1.95. The molecule has 1 N–H and O–H groups in total. The molecule has 2 rings (SSSR count). The van der Waals surface area contributed by atoms with E-state index in [1.165, 1.54) is 5.56 Å². The number of imidazole rings is 1. The van der Waals surface area contributed by atoms with Gasteiger partial charge < -0.3 is 4.98 Å². The molecule has 0 amide bonds. The molecule has 2 heteroatoms. The molecule has 0 radical (unpaired) electrons. The Labute approximate surface area is 78.0 Å². The van der Waals surface area contributed by atoms with Gasteiger partial charge in [0.05, 0.1) is 11.0 Å². The lowest BCUT2D eigenvalue weighted by molar-refractivity contribution is 0.799. The number of para-hydroxylation sites is 1. The average Bonchev–Trinajstić information content (AvgIpc) is 2.49. The smallest absolute Gasteiger partial charge is 0.109 e. The van der Waals surface area contributed by atoms with Crippen LogP contribution < -0.4 is 0 Å². The number of hydrogen-bond acceptors (Lipinski definition) is 1. The van der Waals surface area contributed by atoms with Crippen molar-refractivity contribution in [2.45, 2.75) is 26.7 Å². The minimum atomic E-state index is 0.465. The summed E-state index contributed by atoms with van der Waals surface area (Å²) in [4.78, 5) is 7.88. The van der Waals surface area contributed by atoms with Gasteiger partial charge in [-0.3, -0.25) is 0 Å². The first-order valence-corrected chi connectivity index (χ1v) is 4.63. The number of nitrogens with zero attached hydrogens (tertiary/aromatic N) is 1. The number of nitrogens with one attached hydrogen (secondary N) is 1. The number of aryl methyl sites for hydroxylation is 1. The lowest BCUT2D eigenvalue weighted by atomic mass is 10.2. The van der Waals surface area contributed by atoms with Crippen LogP contribution in [-0.4, -0.2) is 9.97 Å². The van der Waals surface area contributed by atoms with Crippen molar-refractivity contribution in [3.8, 4) is 0 Å². The predicted octanol–water partition coefficient (Wildman–Crippen LogP) is 2.99. The van der Waals surface area contributed by atoms with Crippen LogP contribution in [0.5, 0.6) is 0 Å². The molecule has 2 aromatic rings. The number of H-pyrrole nitrogens is 1. The Kier molecular flexibility index (Phi) is 1.83. The number of benzene rings is 1. The molecule has 0 aliphatic rings. The number of hydrogen-bond donors (Lipinski definition) is 1. The maximum absolute atomic E-state index is 4.56. The second-order valence-electron chi connectivity index (χ2n) is 3.75. The van der Waals surface area contributed by atoms with Gasteiger partial charge in [0.15, 0.2) is 0 Å². The molecule has 1 aromatic carbocycles. The monoisotopic (exact) mass is 174 g/mol. The Morgan fingerprint density at radius 3 is 2.69 bits per heavy atom. The van der Waals surface area contributed by atoms with Crippen LogP contribution in [0.2, 0.25) is 0 Å². The molecule has 0 spiro atoms. The largest absolute Gasteiger partial charge is 0.342 e. The molecule has 0 saturated heterocycles. The van der Waals surface area contributed by atoms with Gasteiger partial charge in [-0.25, -0.2) is 4.98 Å². The highest BCUT2D eigenvalue weighted by Gasteiger charge is 2.06. The standard InChI is InChI=1S/C11H14N2/c1-7(2)11-12-9-6-4-5-8(3)10(9)13-11/h4-7H,1-3H3,(H,12,13). The van der Waals surface area contributed by atoms with Crippen LogP contribution in [0.15, 0.2) is 18.2 Å². The molecule has 0 atom stereocenters. The molecule has 1 heterocycles. The van der Waals surface area contributed by atoms with E-state index in [4.69, 9.17) is 0 Å². The first-order valence-electron chi connectivity index (χ1n) is 4.63. The SMILES string of the molecule is Cc1cccc2[nH]c(C(C)C)nc12. The summed E-state index contributed by atoms with van der Waals surface area (Å²) in [5, 5.41) is 0. The summed E-state index contributed by atoms with van der Waals surface area (Å²) in [7, 11) is 0. The van der Waals surface area contributed by atoms with E-state index in [0.29, 0.717) is 5.92 Å². The van der Waals surface area contributed by atoms with E-state index in [1.807, 2.05) is 0 Å². The van der Waals surface area contributed by atoms with E-state index in [2.05, 4.69) is 48.9 Å². The highest BCUT2D eigenvalue weighted by atomic mass is 14.9. The highest BCUT2D eigenvalue weighted by Crippen LogP contribution is 2.19. The summed E-state index contributed by atoms with van der Waals surface area (Å²) in [6.07, 6.45) is 0. The normalized spacial score (nSPS) is 11.4. The number of aromatic amines is 1. The van der Waals surface area contributed by atoms with E-state index in [9.17, 15) is 0 Å². The maximum Gasteiger partial charge on any atom is 0.109 e. The minimum Gasteiger partial charge on any atom is -0.342 e. The molecule has 68 valence electrons. The Morgan fingerprint density at radius 2 is 2.08 bits per heavy atom. The van der Waals surface area contributed by atoms with Crippen molar-refractivity contribution >= 4 is 11.0 Å². The molecule has 2 nitrogen and oxygen atoms in total. The third-order valence-corrected chi connectivity index (χ3v) is 2.28. The van der Waals surface area contributed by atoms with E-state index in [1.54, 1.807) is 0 Å². The summed E-state index contributed by atoms with van der Waals surface area (Å²) < 4.78 is 0. The first kappa shape index (κ1) is 8.30. The lowest BCUT2D eigenvalue weighted by Crippen LogP contribution is -1.88. The first-order chi connectivity index (χ1) is 6.18. The zero-order chi connectivity index (χ0) is 9.42. The number of fused-ring (bicyclic) bond motifs is 1. The van der Waals surface area contributed by atoms with E-state index in [-0.39, 0.29) is 0 Å². The fourth-order valence-electron chi connectivity index (χ4n) is 1.47.